The van der Waals surface area contributed by atoms with Crippen LogP contribution < -0.4 is 24.8 Å². The first kappa shape index (κ1) is 34.8. The number of halogens is 2. The van der Waals surface area contributed by atoms with E-state index in [0.717, 1.165) is 0 Å². The van der Waals surface area contributed by atoms with Crippen molar-refractivity contribution in [2.75, 3.05) is 0 Å². The molecule has 6 rings (SSSR count). The van der Waals surface area contributed by atoms with Crippen LogP contribution in [0.25, 0.3) is 43.8 Å². The van der Waals surface area contributed by atoms with Gasteiger partial charge in [0.25, 0.3) is 0 Å². The Bertz CT molecular complexity index is 1550. The Morgan fingerprint density at radius 2 is 0.683 bits per heavy atom. The van der Waals surface area contributed by atoms with Gasteiger partial charge in [-0.3, -0.25) is 0 Å². The first-order chi connectivity index (χ1) is 18.2. The zero-order valence-electron chi connectivity index (χ0n) is 25.3. The molecule has 0 aromatic heterocycles. The SMILES string of the molecule is Cc1c(C)c(C)c2[cH-]c(-c3ccccc3)cc2c1C.Cc1c(C)c(C)c2[cH-]c(-c3ccccc3)cc2c1C.[Cl-].[Cl-].[Zr+4]. The van der Waals surface area contributed by atoms with E-state index < -0.39 is 0 Å². The van der Waals surface area contributed by atoms with Crippen molar-refractivity contribution in [3.05, 3.63) is 129 Å². The van der Waals surface area contributed by atoms with E-state index in [-0.39, 0.29) is 51.0 Å². The number of rotatable bonds is 2. The summed E-state index contributed by atoms with van der Waals surface area (Å²) < 4.78 is 0. The molecule has 0 spiro atoms. The van der Waals surface area contributed by atoms with Gasteiger partial charge in [0.15, 0.2) is 0 Å². The molecule has 0 aliphatic carbocycles. The average Bonchev–Trinajstić information content (AvgIpc) is 3.60. The fraction of sp³-hybridized carbons (Fsp3) is 0.211. The van der Waals surface area contributed by atoms with Gasteiger partial charge >= 0.3 is 26.2 Å². The Kier molecular flexibility index (Phi) is 12.0. The second kappa shape index (κ2) is 14.2. The number of fused-ring (bicyclic) bond motifs is 2. The third-order valence-corrected chi connectivity index (χ3v) is 8.98. The van der Waals surface area contributed by atoms with E-state index in [9.17, 15) is 0 Å². The van der Waals surface area contributed by atoms with Gasteiger partial charge in [0.1, 0.15) is 0 Å². The quantitative estimate of drug-likeness (QED) is 0.232. The van der Waals surface area contributed by atoms with Gasteiger partial charge in [-0.25, -0.2) is 0 Å². The molecule has 6 aromatic rings. The van der Waals surface area contributed by atoms with Crippen LogP contribution in [0, 0.1) is 55.4 Å². The molecule has 0 unspecified atom stereocenters. The first-order valence-corrected chi connectivity index (χ1v) is 13.6. The van der Waals surface area contributed by atoms with E-state index in [1.807, 2.05) is 0 Å². The molecule has 3 heteroatoms. The van der Waals surface area contributed by atoms with Crippen molar-refractivity contribution < 1.29 is 51.0 Å². The molecule has 0 bridgehead atoms. The molecule has 0 nitrogen and oxygen atoms in total. The topological polar surface area (TPSA) is 0 Å². The molecule has 0 aliphatic heterocycles. The zero-order chi connectivity index (χ0) is 27.1. The maximum absolute atomic E-state index is 2.33. The van der Waals surface area contributed by atoms with Crippen LogP contribution in [0.1, 0.15) is 44.5 Å². The third kappa shape index (κ3) is 6.49. The molecule has 0 N–H and O–H groups in total. The summed E-state index contributed by atoms with van der Waals surface area (Å²) in [5.41, 5.74) is 16.6. The minimum Gasteiger partial charge on any atom is -1.00 e. The average molecular weight is 657 g/mol. The molecule has 208 valence electrons. The van der Waals surface area contributed by atoms with E-state index in [1.54, 1.807) is 0 Å². The van der Waals surface area contributed by atoms with Gasteiger partial charge in [0.05, 0.1) is 0 Å². The zero-order valence-corrected chi connectivity index (χ0v) is 29.3. The molecule has 0 radical (unpaired) electrons. The van der Waals surface area contributed by atoms with Gasteiger partial charge in [-0.05, 0) is 41.5 Å². The van der Waals surface area contributed by atoms with Crippen LogP contribution in [0.3, 0.4) is 0 Å². The second-order valence-electron chi connectivity index (χ2n) is 10.9. The minimum absolute atomic E-state index is 0. The van der Waals surface area contributed by atoms with Crippen molar-refractivity contribution in [2.45, 2.75) is 55.4 Å². The molecular formula is C38H38Cl2Zr. The fourth-order valence-electron chi connectivity index (χ4n) is 5.78. The van der Waals surface area contributed by atoms with Crippen LogP contribution in [0.2, 0.25) is 0 Å². The molecule has 6 aromatic carbocycles. The molecular weight excluding hydrogens is 619 g/mol. The molecule has 0 saturated carbocycles. The monoisotopic (exact) mass is 654 g/mol. The van der Waals surface area contributed by atoms with Crippen LogP contribution in [0.4, 0.5) is 0 Å². The van der Waals surface area contributed by atoms with Crippen molar-refractivity contribution in [1.82, 2.24) is 0 Å². The normalized spacial score (nSPS) is 10.3. The summed E-state index contributed by atoms with van der Waals surface area (Å²) >= 11 is 0. The van der Waals surface area contributed by atoms with Crippen LogP contribution >= 0.6 is 0 Å². The van der Waals surface area contributed by atoms with Crippen molar-refractivity contribution in [3.63, 3.8) is 0 Å². The summed E-state index contributed by atoms with van der Waals surface area (Å²) in [5, 5.41) is 5.61. The molecule has 0 fully saturated rings. The summed E-state index contributed by atoms with van der Waals surface area (Å²) in [7, 11) is 0. The minimum atomic E-state index is 0. The Hall–Kier alpha value is -2.44. The number of hydrogen-bond donors (Lipinski definition) is 0. The Morgan fingerprint density at radius 1 is 0.390 bits per heavy atom. The Balaban J connectivity index is 0.000000267. The maximum atomic E-state index is 2.33. The van der Waals surface area contributed by atoms with Crippen molar-refractivity contribution in [3.8, 4) is 22.3 Å². The number of hydrogen-bond acceptors (Lipinski definition) is 0. The smallest absolute Gasteiger partial charge is 1.00 e. The summed E-state index contributed by atoms with van der Waals surface area (Å²) in [5.74, 6) is 0. The molecule has 0 amide bonds. The number of benzene rings is 4. The van der Waals surface area contributed by atoms with Gasteiger partial charge in [-0.15, -0.1) is 68.1 Å². The fourth-order valence-corrected chi connectivity index (χ4v) is 5.78. The number of aryl methyl sites for hydroxylation is 4. The van der Waals surface area contributed by atoms with Crippen molar-refractivity contribution in [2.24, 2.45) is 0 Å². The van der Waals surface area contributed by atoms with Gasteiger partial charge in [0.2, 0.25) is 0 Å². The van der Waals surface area contributed by atoms with Gasteiger partial charge in [0, 0.05) is 0 Å². The summed E-state index contributed by atoms with van der Waals surface area (Å²) in [6.45, 7) is 17.9. The van der Waals surface area contributed by atoms with E-state index in [0.29, 0.717) is 0 Å². The summed E-state index contributed by atoms with van der Waals surface area (Å²) in [6, 6.07) is 30.6. The molecule has 0 saturated heterocycles. The van der Waals surface area contributed by atoms with Crippen LogP contribution in [0.15, 0.2) is 84.9 Å². The third-order valence-electron chi connectivity index (χ3n) is 8.98. The van der Waals surface area contributed by atoms with E-state index in [4.69, 9.17) is 0 Å². The van der Waals surface area contributed by atoms with Gasteiger partial charge in [-0.1, -0.05) is 119 Å². The van der Waals surface area contributed by atoms with E-state index in [2.05, 4.69) is 140 Å². The molecule has 0 heterocycles. The van der Waals surface area contributed by atoms with Gasteiger partial charge < -0.3 is 24.8 Å². The molecule has 0 atom stereocenters. The largest absolute Gasteiger partial charge is 4.00 e. The van der Waals surface area contributed by atoms with Crippen LogP contribution in [0.5, 0.6) is 0 Å². The van der Waals surface area contributed by atoms with E-state index in [1.165, 1.54) is 88.3 Å². The maximum Gasteiger partial charge on any atom is 4.00 e. The van der Waals surface area contributed by atoms with Crippen molar-refractivity contribution >= 4 is 21.5 Å². The van der Waals surface area contributed by atoms with Crippen LogP contribution in [-0.4, -0.2) is 0 Å². The second-order valence-corrected chi connectivity index (χ2v) is 10.9. The molecule has 0 aliphatic rings. The van der Waals surface area contributed by atoms with E-state index >= 15 is 0 Å². The summed E-state index contributed by atoms with van der Waals surface area (Å²) in [6.07, 6.45) is 0. The predicted molar refractivity (Wildman–Crippen MR) is 168 cm³/mol. The van der Waals surface area contributed by atoms with Gasteiger partial charge in [-0.2, -0.15) is 0 Å². The Labute approximate surface area is 277 Å². The standard InChI is InChI=1S/2C19H19.2ClH.Zr/c2*1-12-13(2)15(4)19-11-17(10-18(19)14(12)3)16-8-6-5-7-9-16;;;/h2*5-11H,1-4H3;2*1H;/q2*-1;;;+4/p-2. The van der Waals surface area contributed by atoms with Crippen LogP contribution in [-0.2, 0) is 26.2 Å². The first-order valence-electron chi connectivity index (χ1n) is 13.6. The predicted octanol–water partition coefficient (Wildman–Crippen LogP) is 4.92. The van der Waals surface area contributed by atoms with Crippen molar-refractivity contribution in [1.29, 1.82) is 0 Å². The molecule has 41 heavy (non-hydrogen) atoms. The summed E-state index contributed by atoms with van der Waals surface area (Å²) in [4.78, 5) is 0. The Morgan fingerprint density at radius 3 is 1.00 bits per heavy atom.